The van der Waals surface area contributed by atoms with Gasteiger partial charge in [-0.15, -0.1) is 0 Å². The molecule has 14 heavy (non-hydrogen) atoms. The van der Waals surface area contributed by atoms with Gasteiger partial charge in [-0.1, -0.05) is 0 Å². The number of anilines is 1. The van der Waals surface area contributed by atoms with Crippen molar-refractivity contribution in [3.63, 3.8) is 0 Å². The SMILES string of the molecule is NNc1nccc(Sc2ncn[nH]2)n1. The summed E-state index contributed by atoms with van der Waals surface area (Å²) in [6.07, 6.45) is 3.05. The van der Waals surface area contributed by atoms with Crippen molar-refractivity contribution in [1.29, 1.82) is 0 Å². The molecule has 7 nitrogen and oxygen atoms in total. The van der Waals surface area contributed by atoms with E-state index in [1.54, 1.807) is 12.3 Å². The molecular weight excluding hydrogens is 202 g/mol. The average Bonchev–Trinajstić information content (AvgIpc) is 2.71. The number of nitrogens with one attached hydrogen (secondary N) is 2. The highest BCUT2D eigenvalue weighted by Crippen LogP contribution is 2.21. The Morgan fingerprint density at radius 2 is 2.36 bits per heavy atom. The topological polar surface area (TPSA) is 105 Å². The molecule has 2 aromatic heterocycles. The van der Waals surface area contributed by atoms with Crippen LogP contribution < -0.4 is 11.3 Å². The molecule has 0 atom stereocenters. The van der Waals surface area contributed by atoms with Crippen LogP contribution in [0.5, 0.6) is 0 Å². The smallest absolute Gasteiger partial charge is 0.238 e. The second-order valence-electron chi connectivity index (χ2n) is 2.26. The van der Waals surface area contributed by atoms with Gasteiger partial charge >= 0.3 is 0 Å². The lowest BCUT2D eigenvalue weighted by Gasteiger charge is -1.99. The molecule has 0 fully saturated rings. The maximum absolute atomic E-state index is 5.17. The number of aromatic amines is 1. The van der Waals surface area contributed by atoms with Crippen molar-refractivity contribution in [2.45, 2.75) is 10.2 Å². The van der Waals surface area contributed by atoms with Crippen molar-refractivity contribution in [2.24, 2.45) is 5.84 Å². The fourth-order valence-electron chi connectivity index (χ4n) is 0.811. The molecule has 0 aliphatic rings. The Hall–Kier alpha value is -1.67. The highest BCUT2D eigenvalue weighted by molar-refractivity contribution is 7.99. The highest BCUT2D eigenvalue weighted by Gasteiger charge is 2.02. The summed E-state index contributed by atoms with van der Waals surface area (Å²) in [6.45, 7) is 0. The lowest BCUT2D eigenvalue weighted by atomic mass is 10.7. The quantitative estimate of drug-likeness (QED) is 0.372. The van der Waals surface area contributed by atoms with Gasteiger partial charge < -0.3 is 0 Å². The van der Waals surface area contributed by atoms with Gasteiger partial charge in [-0.25, -0.2) is 20.8 Å². The molecule has 0 amide bonds. The van der Waals surface area contributed by atoms with Crippen LogP contribution in [-0.4, -0.2) is 25.1 Å². The molecule has 0 radical (unpaired) electrons. The third-order valence-electron chi connectivity index (χ3n) is 1.35. The van der Waals surface area contributed by atoms with Gasteiger partial charge in [-0.2, -0.15) is 5.10 Å². The molecule has 8 heteroatoms. The first-order chi connectivity index (χ1) is 6.88. The Morgan fingerprint density at radius 3 is 3.07 bits per heavy atom. The summed E-state index contributed by atoms with van der Waals surface area (Å²) in [4.78, 5) is 11.9. The van der Waals surface area contributed by atoms with E-state index in [0.717, 1.165) is 5.03 Å². The standard InChI is InChI=1S/C6H7N7S/c7-12-5-8-2-1-4(11-5)14-6-9-3-10-13-6/h1-3H,7H2,(H,8,11,12)(H,9,10,13). The van der Waals surface area contributed by atoms with Gasteiger partial charge in [0, 0.05) is 6.20 Å². The summed E-state index contributed by atoms with van der Waals surface area (Å²) >= 11 is 1.35. The van der Waals surface area contributed by atoms with Gasteiger partial charge in [0.15, 0.2) is 5.16 Å². The van der Waals surface area contributed by atoms with Crippen LogP contribution in [0, 0.1) is 0 Å². The summed E-state index contributed by atoms with van der Waals surface area (Å²) in [7, 11) is 0. The van der Waals surface area contributed by atoms with E-state index in [4.69, 9.17) is 5.84 Å². The van der Waals surface area contributed by atoms with E-state index < -0.39 is 0 Å². The van der Waals surface area contributed by atoms with Crippen LogP contribution >= 0.6 is 11.8 Å². The van der Waals surface area contributed by atoms with Crippen molar-refractivity contribution in [2.75, 3.05) is 5.43 Å². The van der Waals surface area contributed by atoms with E-state index >= 15 is 0 Å². The lowest BCUT2D eigenvalue weighted by molar-refractivity contribution is 0.961. The Morgan fingerprint density at radius 1 is 1.43 bits per heavy atom. The largest absolute Gasteiger partial charge is 0.292 e. The molecular formula is C6H7N7S. The summed E-state index contributed by atoms with van der Waals surface area (Å²) in [5.74, 6) is 5.54. The van der Waals surface area contributed by atoms with Crippen LogP contribution in [0.15, 0.2) is 28.8 Å². The van der Waals surface area contributed by atoms with Crippen LogP contribution in [0.25, 0.3) is 0 Å². The van der Waals surface area contributed by atoms with Crippen LogP contribution in [-0.2, 0) is 0 Å². The van der Waals surface area contributed by atoms with E-state index in [1.165, 1.54) is 18.1 Å². The van der Waals surface area contributed by atoms with Crippen molar-refractivity contribution in [1.82, 2.24) is 25.1 Å². The van der Waals surface area contributed by atoms with E-state index in [9.17, 15) is 0 Å². The number of hydrogen-bond donors (Lipinski definition) is 3. The number of nitrogens with two attached hydrogens (primary N) is 1. The van der Waals surface area contributed by atoms with Crippen molar-refractivity contribution < 1.29 is 0 Å². The predicted molar refractivity (Wildman–Crippen MR) is 50.3 cm³/mol. The van der Waals surface area contributed by atoms with E-state index in [-0.39, 0.29) is 0 Å². The molecule has 2 rings (SSSR count). The minimum atomic E-state index is 0.370. The number of rotatable bonds is 3. The van der Waals surface area contributed by atoms with Crippen LogP contribution in [0.1, 0.15) is 0 Å². The van der Waals surface area contributed by atoms with E-state index in [2.05, 4.69) is 30.6 Å². The average molecular weight is 209 g/mol. The minimum absolute atomic E-state index is 0.370. The summed E-state index contributed by atoms with van der Waals surface area (Å²) in [5, 5.41) is 7.85. The van der Waals surface area contributed by atoms with E-state index in [0.29, 0.717) is 11.1 Å². The number of nitrogen functional groups attached to an aromatic ring is 1. The first kappa shape index (κ1) is 8.91. The molecule has 0 bridgehead atoms. The fourth-order valence-corrected chi connectivity index (χ4v) is 1.47. The van der Waals surface area contributed by atoms with Gasteiger partial charge in [0.1, 0.15) is 11.4 Å². The summed E-state index contributed by atoms with van der Waals surface area (Å²) in [6, 6.07) is 1.76. The second kappa shape index (κ2) is 4.03. The van der Waals surface area contributed by atoms with Gasteiger partial charge in [-0.05, 0) is 17.8 Å². The minimum Gasteiger partial charge on any atom is -0.292 e. The first-order valence-corrected chi connectivity index (χ1v) is 4.53. The Bertz CT molecular complexity index is 400. The Balaban J connectivity index is 2.17. The summed E-state index contributed by atoms with van der Waals surface area (Å²) < 4.78 is 0. The third kappa shape index (κ3) is 1.98. The van der Waals surface area contributed by atoms with Gasteiger partial charge in [0.25, 0.3) is 0 Å². The molecule has 0 saturated carbocycles. The Kier molecular flexibility index (Phi) is 2.56. The molecule has 0 aliphatic heterocycles. The molecule has 72 valence electrons. The number of hydrazine groups is 1. The van der Waals surface area contributed by atoms with Crippen molar-refractivity contribution in [3.8, 4) is 0 Å². The molecule has 0 saturated heterocycles. The molecule has 2 heterocycles. The molecule has 0 unspecified atom stereocenters. The third-order valence-corrected chi connectivity index (χ3v) is 2.18. The maximum atomic E-state index is 5.17. The maximum Gasteiger partial charge on any atom is 0.238 e. The number of nitrogens with zero attached hydrogens (tertiary/aromatic N) is 4. The van der Waals surface area contributed by atoms with Gasteiger partial charge in [0.05, 0.1) is 0 Å². The second-order valence-corrected chi connectivity index (χ2v) is 3.26. The zero-order chi connectivity index (χ0) is 9.80. The number of hydrogen-bond acceptors (Lipinski definition) is 7. The zero-order valence-corrected chi connectivity index (χ0v) is 7.82. The predicted octanol–water partition coefficient (Wildman–Crippen LogP) is 0.0315. The molecule has 2 aromatic rings. The zero-order valence-electron chi connectivity index (χ0n) is 7.01. The normalized spacial score (nSPS) is 10.1. The number of aromatic nitrogens is 5. The lowest BCUT2D eigenvalue weighted by Crippen LogP contribution is -2.10. The molecule has 0 spiro atoms. The van der Waals surface area contributed by atoms with Crippen LogP contribution in [0.4, 0.5) is 5.95 Å². The highest BCUT2D eigenvalue weighted by atomic mass is 32.2. The van der Waals surface area contributed by atoms with Gasteiger partial charge in [0.2, 0.25) is 5.95 Å². The van der Waals surface area contributed by atoms with Crippen molar-refractivity contribution >= 4 is 17.7 Å². The van der Waals surface area contributed by atoms with Crippen LogP contribution in [0.3, 0.4) is 0 Å². The Labute approximate surface area is 83.5 Å². The summed E-state index contributed by atoms with van der Waals surface area (Å²) in [5.41, 5.74) is 2.37. The van der Waals surface area contributed by atoms with Crippen molar-refractivity contribution in [3.05, 3.63) is 18.6 Å². The first-order valence-electron chi connectivity index (χ1n) is 3.71. The van der Waals surface area contributed by atoms with Gasteiger partial charge in [-0.3, -0.25) is 10.5 Å². The van der Waals surface area contributed by atoms with Crippen LogP contribution in [0.2, 0.25) is 0 Å². The monoisotopic (exact) mass is 209 g/mol. The fraction of sp³-hybridized carbons (Fsp3) is 0. The molecule has 0 aliphatic carbocycles. The molecule has 4 N–H and O–H groups in total. The van der Waals surface area contributed by atoms with E-state index in [1.807, 2.05) is 0 Å². The molecule has 0 aromatic carbocycles. The number of H-pyrrole nitrogens is 1.